The van der Waals surface area contributed by atoms with Crippen molar-refractivity contribution in [3.8, 4) is 0 Å². The van der Waals surface area contributed by atoms with E-state index in [2.05, 4.69) is 5.32 Å². The molecule has 1 rings (SSSR count). The molecule has 1 fully saturated rings. The van der Waals surface area contributed by atoms with Gasteiger partial charge in [0, 0.05) is 6.54 Å². The summed E-state index contributed by atoms with van der Waals surface area (Å²) in [5.74, 6) is 0. The molecule has 0 aromatic rings. The van der Waals surface area contributed by atoms with Crippen LogP contribution < -0.4 is 5.32 Å². The molecule has 4 N–H and O–H groups in total. The summed E-state index contributed by atoms with van der Waals surface area (Å²) in [4.78, 5) is 0. The highest BCUT2D eigenvalue weighted by atomic mass is 16.3. The topological polar surface area (TPSA) is 72.7 Å². The van der Waals surface area contributed by atoms with Gasteiger partial charge in [0.25, 0.3) is 0 Å². The Balaban J connectivity index is 2.33. The van der Waals surface area contributed by atoms with Crippen LogP contribution in [0, 0.1) is 0 Å². The third-order valence-corrected chi connectivity index (χ3v) is 3.19. The third-order valence-electron chi connectivity index (χ3n) is 3.19. The molecule has 1 aliphatic carbocycles. The van der Waals surface area contributed by atoms with Gasteiger partial charge in [-0.1, -0.05) is 25.7 Å². The second-order valence-corrected chi connectivity index (χ2v) is 4.58. The van der Waals surface area contributed by atoms with Gasteiger partial charge in [0.15, 0.2) is 0 Å². The average molecular weight is 217 g/mol. The normalized spacial score (nSPS) is 21.6. The minimum absolute atomic E-state index is 0.0907. The lowest BCUT2D eigenvalue weighted by atomic mass is 9.94. The maximum Gasteiger partial charge on any atom is 0.0771 e. The molecule has 0 aromatic carbocycles. The minimum Gasteiger partial charge on any atom is -0.395 e. The fourth-order valence-electron chi connectivity index (χ4n) is 2.08. The molecule has 0 amide bonds. The number of hydrogen-bond acceptors (Lipinski definition) is 4. The average Bonchev–Trinajstić information content (AvgIpc) is 2.45. The Morgan fingerprint density at radius 2 is 1.53 bits per heavy atom. The number of aliphatic hydroxyl groups excluding tert-OH is 2. The smallest absolute Gasteiger partial charge is 0.0771 e. The van der Waals surface area contributed by atoms with Gasteiger partial charge >= 0.3 is 0 Å². The van der Waals surface area contributed by atoms with Crippen LogP contribution in [-0.4, -0.2) is 46.7 Å². The summed E-state index contributed by atoms with van der Waals surface area (Å²) in [7, 11) is 0. The highest BCUT2D eigenvalue weighted by Crippen LogP contribution is 2.26. The number of aliphatic hydroxyl groups is 3. The highest BCUT2D eigenvalue weighted by molar-refractivity contribution is 4.84. The Bertz CT molecular complexity index is 163. The van der Waals surface area contributed by atoms with Crippen molar-refractivity contribution in [2.45, 2.75) is 50.2 Å². The lowest BCUT2D eigenvalue weighted by molar-refractivity contribution is 0.0181. The Kier molecular flexibility index (Phi) is 5.53. The zero-order valence-electron chi connectivity index (χ0n) is 9.28. The van der Waals surface area contributed by atoms with Crippen molar-refractivity contribution in [1.82, 2.24) is 5.32 Å². The Morgan fingerprint density at radius 1 is 1.00 bits per heavy atom. The van der Waals surface area contributed by atoms with Crippen molar-refractivity contribution < 1.29 is 15.3 Å². The lowest BCUT2D eigenvalue weighted by Gasteiger charge is -2.28. The van der Waals surface area contributed by atoms with E-state index in [-0.39, 0.29) is 19.3 Å². The van der Waals surface area contributed by atoms with E-state index in [1.54, 1.807) is 0 Å². The molecule has 0 heterocycles. The van der Waals surface area contributed by atoms with E-state index >= 15 is 0 Å². The Morgan fingerprint density at radius 3 is 2.00 bits per heavy atom. The van der Waals surface area contributed by atoms with Crippen LogP contribution in [0.4, 0.5) is 0 Å². The van der Waals surface area contributed by atoms with Gasteiger partial charge in [0.1, 0.15) is 0 Å². The van der Waals surface area contributed by atoms with Gasteiger partial charge in [-0.2, -0.15) is 0 Å². The fraction of sp³-hybridized carbons (Fsp3) is 1.00. The van der Waals surface area contributed by atoms with E-state index in [1.165, 1.54) is 12.8 Å². The number of hydrogen-bond donors (Lipinski definition) is 4. The molecule has 0 radical (unpaired) electrons. The fourth-order valence-corrected chi connectivity index (χ4v) is 2.08. The van der Waals surface area contributed by atoms with Crippen LogP contribution in [0.5, 0.6) is 0 Å². The standard InChI is InChI=1S/C11H23NO3/c13-7-10(8-14)12-9-11(15)5-3-1-2-4-6-11/h10,12-15H,1-9H2. The van der Waals surface area contributed by atoms with Gasteiger partial charge in [-0.3, -0.25) is 0 Å². The molecule has 90 valence electrons. The second kappa shape index (κ2) is 6.43. The summed E-state index contributed by atoms with van der Waals surface area (Å²) < 4.78 is 0. The SMILES string of the molecule is OCC(CO)NCC1(O)CCCCCC1. The highest BCUT2D eigenvalue weighted by Gasteiger charge is 2.28. The molecule has 0 bridgehead atoms. The molecule has 0 aliphatic heterocycles. The molecule has 0 saturated heterocycles. The third kappa shape index (κ3) is 4.47. The molecule has 0 unspecified atom stereocenters. The second-order valence-electron chi connectivity index (χ2n) is 4.58. The van der Waals surface area contributed by atoms with Crippen molar-refractivity contribution >= 4 is 0 Å². The molecule has 15 heavy (non-hydrogen) atoms. The summed E-state index contributed by atoms with van der Waals surface area (Å²) in [6.07, 6.45) is 6.19. The molecule has 1 aliphatic rings. The van der Waals surface area contributed by atoms with Gasteiger partial charge in [-0.05, 0) is 12.8 Å². The minimum atomic E-state index is -0.640. The largest absolute Gasteiger partial charge is 0.395 e. The van der Waals surface area contributed by atoms with E-state index in [0.29, 0.717) is 6.54 Å². The Labute approximate surface area is 91.3 Å². The van der Waals surface area contributed by atoms with E-state index in [9.17, 15) is 5.11 Å². The van der Waals surface area contributed by atoms with Crippen molar-refractivity contribution in [2.75, 3.05) is 19.8 Å². The van der Waals surface area contributed by atoms with Crippen LogP contribution in [0.25, 0.3) is 0 Å². The van der Waals surface area contributed by atoms with Gasteiger partial charge in [-0.15, -0.1) is 0 Å². The predicted octanol–water partition coefficient (Wildman–Crippen LogP) is 0.0145. The van der Waals surface area contributed by atoms with Crippen LogP contribution >= 0.6 is 0 Å². The number of nitrogens with one attached hydrogen (secondary N) is 1. The molecule has 4 heteroatoms. The molecule has 0 spiro atoms. The summed E-state index contributed by atoms with van der Waals surface area (Å²) in [5, 5.41) is 31.1. The van der Waals surface area contributed by atoms with Gasteiger partial charge in [0.2, 0.25) is 0 Å². The van der Waals surface area contributed by atoms with E-state index in [4.69, 9.17) is 10.2 Å². The zero-order valence-corrected chi connectivity index (χ0v) is 9.28. The summed E-state index contributed by atoms with van der Waals surface area (Å²) in [6.45, 7) is 0.290. The van der Waals surface area contributed by atoms with Crippen LogP contribution in [0.2, 0.25) is 0 Å². The maximum atomic E-state index is 10.3. The van der Waals surface area contributed by atoms with E-state index < -0.39 is 5.60 Å². The van der Waals surface area contributed by atoms with Crippen LogP contribution in [0.3, 0.4) is 0 Å². The van der Waals surface area contributed by atoms with Crippen molar-refractivity contribution in [3.05, 3.63) is 0 Å². The van der Waals surface area contributed by atoms with E-state index in [1.807, 2.05) is 0 Å². The number of rotatable bonds is 5. The molecule has 4 nitrogen and oxygen atoms in total. The first-order valence-electron chi connectivity index (χ1n) is 5.88. The zero-order chi connectivity index (χ0) is 11.1. The van der Waals surface area contributed by atoms with Gasteiger partial charge in [0.05, 0.1) is 24.9 Å². The Hall–Kier alpha value is -0.160. The summed E-state index contributed by atoms with van der Waals surface area (Å²) in [5.41, 5.74) is -0.640. The summed E-state index contributed by atoms with van der Waals surface area (Å²) in [6, 6.07) is -0.308. The van der Waals surface area contributed by atoms with Gasteiger partial charge < -0.3 is 20.6 Å². The maximum absolute atomic E-state index is 10.3. The van der Waals surface area contributed by atoms with Crippen molar-refractivity contribution in [2.24, 2.45) is 0 Å². The van der Waals surface area contributed by atoms with Crippen molar-refractivity contribution in [1.29, 1.82) is 0 Å². The van der Waals surface area contributed by atoms with Crippen LogP contribution in [0.1, 0.15) is 38.5 Å². The van der Waals surface area contributed by atoms with E-state index in [0.717, 1.165) is 25.7 Å². The monoisotopic (exact) mass is 217 g/mol. The quantitative estimate of drug-likeness (QED) is 0.490. The summed E-state index contributed by atoms with van der Waals surface area (Å²) >= 11 is 0. The predicted molar refractivity (Wildman–Crippen MR) is 58.6 cm³/mol. The van der Waals surface area contributed by atoms with Crippen LogP contribution in [-0.2, 0) is 0 Å². The molecule has 1 saturated carbocycles. The molecule has 0 aromatic heterocycles. The first kappa shape index (κ1) is 12.9. The first-order chi connectivity index (χ1) is 7.20. The van der Waals surface area contributed by atoms with Crippen molar-refractivity contribution in [3.63, 3.8) is 0 Å². The van der Waals surface area contributed by atoms with Gasteiger partial charge in [-0.25, -0.2) is 0 Å². The lowest BCUT2D eigenvalue weighted by Crippen LogP contribution is -2.46. The first-order valence-corrected chi connectivity index (χ1v) is 5.88. The molecule has 0 atom stereocenters. The van der Waals surface area contributed by atoms with Crippen LogP contribution in [0.15, 0.2) is 0 Å². The molecular formula is C11H23NO3. The molecular weight excluding hydrogens is 194 g/mol.